The summed E-state index contributed by atoms with van der Waals surface area (Å²) in [6.45, 7) is 3.25. The molecule has 7 heteroatoms. The van der Waals surface area contributed by atoms with Crippen LogP contribution in [0, 0.1) is 24.0 Å². The predicted molar refractivity (Wildman–Crippen MR) is 113 cm³/mol. The van der Waals surface area contributed by atoms with Crippen molar-refractivity contribution in [3.05, 3.63) is 99.1 Å². The van der Waals surface area contributed by atoms with Crippen LogP contribution >= 0.6 is 0 Å². The lowest BCUT2D eigenvalue weighted by Crippen LogP contribution is -2.21. The zero-order valence-electron chi connectivity index (χ0n) is 16.5. The second kappa shape index (κ2) is 9.00. The zero-order chi connectivity index (χ0) is 21.7. The van der Waals surface area contributed by atoms with Crippen molar-refractivity contribution >= 4 is 23.1 Å². The molecule has 0 radical (unpaired) electrons. The molecule has 1 N–H and O–H groups in total. The van der Waals surface area contributed by atoms with Crippen molar-refractivity contribution < 1.29 is 19.2 Å². The first-order valence-corrected chi connectivity index (χ1v) is 9.23. The van der Waals surface area contributed by atoms with Crippen LogP contribution in [0.2, 0.25) is 0 Å². The number of carbonyl (C=O) groups is 2. The van der Waals surface area contributed by atoms with E-state index in [1.54, 1.807) is 61.5 Å². The molecular formula is C23H20N2O5. The Hall–Kier alpha value is -4.00. The van der Waals surface area contributed by atoms with Crippen LogP contribution < -0.4 is 10.1 Å². The molecule has 0 spiro atoms. The topological polar surface area (TPSA) is 98.5 Å². The number of hydrogen-bond acceptors (Lipinski definition) is 5. The van der Waals surface area contributed by atoms with Crippen LogP contribution in [0.5, 0.6) is 5.75 Å². The van der Waals surface area contributed by atoms with E-state index in [1.165, 1.54) is 6.07 Å². The van der Waals surface area contributed by atoms with Gasteiger partial charge >= 0.3 is 0 Å². The lowest BCUT2D eigenvalue weighted by molar-refractivity contribution is -0.384. The molecule has 0 fully saturated rings. The van der Waals surface area contributed by atoms with E-state index in [2.05, 4.69) is 5.32 Å². The van der Waals surface area contributed by atoms with Crippen LogP contribution in [0.4, 0.5) is 11.4 Å². The molecule has 3 aromatic carbocycles. The van der Waals surface area contributed by atoms with Gasteiger partial charge < -0.3 is 10.1 Å². The molecule has 0 saturated carbocycles. The minimum atomic E-state index is -0.536. The summed E-state index contributed by atoms with van der Waals surface area (Å²) in [6.07, 6.45) is 0. The molecule has 0 bridgehead atoms. The van der Waals surface area contributed by atoms with E-state index in [4.69, 9.17) is 4.74 Å². The Kier molecular flexibility index (Phi) is 6.22. The number of carbonyl (C=O) groups excluding carboxylic acids is 2. The normalized spacial score (nSPS) is 10.3. The number of nitro benzene ring substituents is 1. The van der Waals surface area contributed by atoms with Gasteiger partial charge in [0.1, 0.15) is 11.4 Å². The molecule has 152 valence electrons. The molecule has 0 aliphatic heterocycles. The quantitative estimate of drug-likeness (QED) is 0.356. The number of ketones is 1. The number of hydrogen-bond donors (Lipinski definition) is 1. The predicted octanol–water partition coefficient (Wildman–Crippen LogP) is 4.46. The average Bonchev–Trinajstić information content (AvgIpc) is 2.75. The summed E-state index contributed by atoms with van der Waals surface area (Å²) in [6, 6.07) is 18.3. The highest BCUT2D eigenvalue weighted by Gasteiger charge is 2.18. The highest BCUT2D eigenvalue weighted by atomic mass is 16.6. The number of benzene rings is 3. The van der Waals surface area contributed by atoms with Gasteiger partial charge in [0.2, 0.25) is 0 Å². The van der Waals surface area contributed by atoms with E-state index in [-0.39, 0.29) is 23.8 Å². The number of anilines is 1. The summed E-state index contributed by atoms with van der Waals surface area (Å²) in [5.41, 5.74) is 2.64. The van der Waals surface area contributed by atoms with Gasteiger partial charge in [0.05, 0.1) is 4.92 Å². The van der Waals surface area contributed by atoms with E-state index in [9.17, 15) is 19.7 Å². The first-order chi connectivity index (χ1) is 14.3. The molecule has 0 heterocycles. The number of amides is 1. The van der Waals surface area contributed by atoms with Gasteiger partial charge in [0, 0.05) is 17.2 Å². The van der Waals surface area contributed by atoms with Crippen molar-refractivity contribution in [3.8, 4) is 5.75 Å². The van der Waals surface area contributed by atoms with E-state index in [1.807, 2.05) is 13.0 Å². The van der Waals surface area contributed by atoms with Gasteiger partial charge in [-0.15, -0.1) is 0 Å². The summed E-state index contributed by atoms with van der Waals surface area (Å²) in [5.74, 6) is -0.225. The minimum absolute atomic E-state index is 0.109. The number of ether oxygens (including phenoxy) is 1. The maximum Gasteiger partial charge on any atom is 0.293 e. The standard InChI is InChI=1S/C23H20N2O5/c1-15-12-20(21(25(28)29)13-16(15)2)24-22(26)14-30-19-10-8-18(9-11-19)23(27)17-6-4-3-5-7-17/h3-13H,14H2,1-2H3,(H,24,26). The van der Waals surface area contributed by atoms with Gasteiger partial charge in [0.25, 0.3) is 11.6 Å². The molecule has 0 aliphatic rings. The lowest BCUT2D eigenvalue weighted by Gasteiger charge is -2.10. The van der Waals surface area contributed by atoms with E-state index in [0.29, 0.717) is 16.9 Å². The molecule has 0 aliphatic carbocycles. The van der Waals surface area contributed by atoms with Crippen LogP contribution in [0.25, 0.3) is 0 Å². The monoisotopic (exact) mass is 404 g/mol. The zero-order valence-corrected chi connectivity index (χ0v) is 16.5. The lowest BCUT2D eigenvalue weighted by atomic mass is 10.0. The summed E-state index contributed by atoms with van der Waals surface area (Å²) >= 11 is 0. The third-order valence-corrected chi connectivity index (χ3v) is 4.61. The molecule has 0 saturated heterocycles. The van der Waals surface area contributed by atoms with Gasteiger partial charge in [-0.1, -0.05) is 30.3 Å². The second-order valence-electron chi connectivity index (χ2n) is 6.77. The van der Waals surface area contributed by atoms with Crippen LogP contribution in [0.3, 0.4) is 0 Å². The fraction of sp³-hybridized carbons (Fsp3) is 0.130. The maximum absolute atomic E-state index is 12.4. The van der Waals surface area contributed by atoms with Crippen molar-refractivity contribution in [1.82, 2.24) is 0 Å². The Balaban J connectivity index is 1.62. The Labute approximate surface area is 173 Å². The smallest absolute Gasteiger partial charge is 0.293 e. The molecule has 1 amide bonds. The second-order valence-corrected chi connectivity index (χ2v) is 6.77. The van der Waals surface area contributed by atoms with Crippen LogP contribution in [-0.2, 0) is 4.79 Å². The van der Waals surface area contributed by atoms with Gasteiger partial charge in [0.15, 0.2) is 12.4 Å². The Morgan fingerprint density at radius 2 is 1.53 bits per heavy atom. The Morgan fingerprint density at radius 3 is 2.17 bits per heavy atom. The molecule has 0 unspecified atom stereocenters. The fourth-order valence-electron chi connectivity index (χ4n) is 2.85. The first-order valence-electron chi connectivity index (χ1n) is 9.23. The van der Waals surface area contributed by atoms with Crippen molar-refractivity contribution in [2.75, 3.05) is 11.9 Å². The molecule has 30 heavy (non-hydrogen) atoms. The van der Waals surface area contributed by atoms with Gasteiger partial charge in [-0.3, -0.25) is 19.7 Å². The van der Waals surface area contributed by atoms with E-state index >= 15 is 0 Å². The summed E-state index contributed by atoms with van der Waals surface area (Å²) in [4.78, 5) is 35.3. The molecule has 7 nitrogen and oxygen atoms in total. The average molecular weight is 404 g/mol. The SMILES string of the molecule is Cc1cc(NC(=O)COc2ccc(C(=O)c3ccccc3)cc2)c([N+](=O)[O-])cc1C. The molecular weight excluding hydrogens is 384 g/mol. The van der Waals surface area contributed by atoms with Crippen LogP contribution in [-0.4, -0.2) is 23.2 Å². The number of rotatable bonds is 7. The molecule has 3 rings (SSSR count). The van der Waals surface area contributed by atoms with Crippen molar-refractivity contribution in [3.63, 3.8) is 0 Å². The summed E-state index contributed by atoms with van der Waals surface area (Å²) in [7, 11) is 0. The number of nitrogens with zero attached hydrogens (tertiary/aromatic N) is 1. The van der Waals surface area contributed by atoms with Gasteiger partial charge in [-0.2, -0.15) is 0 Å². The van der Waals surface area contributed by atoms with E-state index < -0.39 is 10.8 Å². The molecule has 0 aromatic heterocycles. The van der Waals surface area contributed by atoms with Crippen molar-refractivity contribution in [2.45, 2.75) is 13.8 Å². The molecule has 0 atom stereocenters. The van der Waals surface area contributed by atoms with E-state index in [0.717, 1.165) is 11.1 Å². The van der Waals surface area contributed by atoms with Gasteiger partial charge in [-0.05, 0) is 55.3 Å². The summed E-state index contributed by atoms with van der Waals surface area (Å²) < 4.78 is 5.44. The number of aryl methyl sites for hydroxylation is 2. The summed E-state index contributed by atoms with van der Waals surface area (Å²) in [5, 5.41) is 13.8. The Bertz CT molecular complexity index is 1090. The Morgan fingerprint density at radius 1 is 0.933 bits per heavy atom. The van der Waals surface area contributed by atoms with Crippen molar-refractivity contribution in [2.24, 2.45) is 0 Å². The van der Waals surface area contributed by atoms with Crippen molar-refractivity contribution in [1.29, 1.82) is 0 Å². The number of nitro groups is 1. The van der Waals surface area contributed by atoms with Gasteiger partial charge in [-0.25, -0.2) is 0 Å². The first kappa shape index (κ1) is 20.7. The van der Waals surface area contributed by atoms with Crippen LogP contribution in [0.15, 0.2) is 66.7 Å². The minimum Gasteiger partial charge on any atom is -0.484 e. The highest BCUT2D eigenvalue weighted by Crippen LogP contribution is 2.28. The number of nitrogens with one attached hydrogen (secondary N) is 1. The highest BCUT2D eigenvalue weighted by molar-refractivity contribution is 6.09. The molecule has 3 aromatic rings. The third kappa shape index (κ3) is 4.88. The largest absolute Gasteiger partial charge is 0.484 e. The third-order valence-electron chi connectivity index (χ3n) is 4.61. The van der Waals surface area contributed by atoms with Crippen LogP contribution in [0.1, 0.15) is 27.0 Å². The maximum atomic E-state index is 12.4. The fourth-order valence-corrected chi connectivity index (χ4v) is 2.85.